The summed E-state index contributed by atoms with van der Waals surface area (Å²) in [6.07, 6.45) is -0.288. The molecule has 0 saturated heterocycles. The lowest BCUT2D eigenvalue weighted by atomic mass is 9.87. The number of esters is 1. The second kappa shape index (κ2) is 8.32. The Morgan fingerprint density at radius 1 is 0.848 bits per heavy atom. The van der Waals surface area contributed by atoms with Crippen LogP contribution in [0.1, 0.15) is 16.7 Å². The maximum absolute atomic E-state index is 14.6. The van der Waals surface area contributed by atoms with Crippen molar-refractivity contribution < 1.29 is 41.3 Å². The Morgan fingerprint density at radius 2 is 1.39 bits per heavy atom. The summed E-state index contributed by atoms with van der Waals surface area (Å²) < 4.78 is 80.9. The maximum atomic E-state index is 14.6. The fraction of sp³-hybridized carbons (Fsp3) is 0.125. The zero-order valence-electron chi connectivity index (χ0n) is 17.0. The van der Waals surface area contributed by atoms with Gasteiger partial charge in [-0.05, 0) is 29.8 Å². The number of ether oxygens (including phenoxy) is 2. The van der Waals surface area contributed by atoms with E-state index in [0.29, 0.717) is 11.3 Å². The Hall–Kier alpha value is -3.72. The fourth-order valence-electron chi connectivity index (χ4n) is 3.68. The molecule has 3 aromatic rings. The first-order chi connectivity index (χ1) is 15.7. The third-order valence-electron chi connectivity index (χ3n) is 5.32. The molecule has 1 aliphatic heterocycles. The van der Waals surface area contributed by atoms with Crippen molar-refractivity contribution in [2.24, 2.45) is 0 Å². The Labute approximate surface area is 184 Å². The van der Waals surface area contributed by atoms with E-state index in [4.69, 9.17) is 9.47 Å². The van der Waals surface area contributed by atoms with Crippen LogP contribution in [0.5, 0.6) is 5.75 Å². The van der Waals surface area contributed by atoms with Gasteiger partial charge in [0, 0.05) is 17.6 Å². The van der Waals surface area contributed by atoms with Gasteiger partial charge in [-0.2, -0.15) is 0 Å². The normalized spacial score (nSPS) is 18.0. The largest absolute Gasteiger partial charge is 0.497 e. The van der Waals surface area contributed by atoms with Gasteiger partial charge in [-0.15, -0.1) is 0 Å². The van der Waals surface area contributed by atoms with Gasteiger partial charge < -0.3 is 14.6 Å². The van der Waals surface area contributed by atoms with E-state index in [-0.39, 0.29) is 17.6 Å². The van der Waals surface area contributed by atoms with Gasteiger partial charge in [-0.3, -0.25) is 0 Å². The van der Waals surface area contributed by atoms with Gasteiger partial charge in [0.05, 0.1) is 18.2 Å². The SMILES string of the molecule is COc1ccc(C2(O)OC(=O)C(c3c(F)c(F)c(F)c(F)c3F)=C2Cc2ccccc2)cc1. The highest BCUT2D eigenvalue weighted by molar-refractivity contribution is 6.20. The Balaban J connectivity index is 2.01. The van der Waals surface area contributed by atoms with Crippen LogP contribution in [-0.2, 0) is 21.7 Å². The molecule has 1 heterocycles. The molecular formula is C24H15F5O4. The van der Waals surface area contributed by atoms with E-state index in [9.17, 15) is 31.9 Å². The van der Waals surface area contributed by atoms with Crippen molar-refractivity contribution >= 4 is 11.5 Å². The van der Waals surface area contributed by atoms with E-state index < -0.39 is 52.0 Å². The van der Waals surface area contributed by atoms with Crippen molar-refractivity contribution in [3.63, 3.8) is 0 Å². The first-order valence-electron chi connectivity index (χ1n) is 9.58. The van der Waals surface area contributed by atoms with Crippen LogP contribution in [0.25, 0.3) is 5.57 Å². The van der Waals surface area contributed by atoms with Crippen LogP contribution in [0.2, 0.25) is 0 Å². The molecule has 1 atom stereocenters. The van der Waals surface area contributed by atoms with Gasteiger partial charge in [0.1, 0.15) is 5.75 Å². The lowest BCUT2D eigenvalue weighted by Crippen LogP contribution is -2.29. The molecule has 9 heteroatoms. The van der Waals surface area contributed by atoms with Gasteiger partial charge in [-0.1, -0.05) is 30.3 Å². The number of methoxy groups -OCH3 is 1. The maximum Gasteiger partial charge on any atom is 0.342 e. The molecule has 0 bridgehead atoms. The summed E-state index contributed by atoms with van der Waals surface area (Å²) in [5, 5.41) is 11.4. The molecular weight excluding hydrogens is 447 g/mol. The Bertz CT molecular complexity index is 1240. The third-order valence-corrected chi connectivity index (χ3v) is 5.32. The van der Waals surface area contributed by atoms with Crippen LogP contribution in [0, 0.1) is 29.1 Å². The molecule has 170 valence electrons. The van der Waals surface area contributed by atoms with Crippen molar-refractivity contribution in [3.8, 4) is 5.75 Å². The predicted octanol–water partition coefficient (Wildman–Crippen LogP) is 4.79. The fourth-order valence-corrected chi connectivity index (χ4v) is 3.68. The highest BCUT2D eigenvalue weighted by Gasteiger charge is 2.50. The van der Waals surface area contributed by atoms with E-state index in [0.717, 1.165) is 0 Å². The molecule has 0 spiro atoms. The highest BCUT2D eigenvalue weighted by atomic mass is 19.2. The summed E-state index contributed by atoms with van der Waals surface area (Å²) in [7, 11) is 1.40. The quantitative estimate of drug-likeness (QED) is 0.257. The van der Waals surface area contributed by atoms with Crippen LogP contribution in [-0.4, -0.2) is 18.2 Å². The smallest absolute Gasteiger partial charge is 0.342 e. The molecule has 4 nitrogen and oxygen atoms in total. The molecule has 1 N–H and O–H groups in total. The number of aliphatic hydroxyl groups is 1. The van der Waals surface area contributed by atoms with Crippen molar-refractivity contribution in [1.29, 1.82) is 0 Å². The minimum absolute atomic E-state index is 0.0125. The van der Waals surface area contributed by atoms with Crippen molar-refractivity contribution in [1.82, 2.24) is 0 Å². The summed E-state index contributed by atoms with van der Waals surface area (Å²) in [4.78, 5) is 12.8. The zero-order chi connectivity index (χ0) is 23.9. The molecule has 1 aliphatic rings. The molecule has 4 rings (SSSR count). The van der Waals surface area contributed by atoms with E-state index >= 15 is 0 Å². The van der Waals surface area contributed by atoms with Crippen molar-refractivity contribution in [2.75, 3.05) is 7.11 Å². The standard InChI is InChI=1S/C24H15F5O4/c1-32-14-9-7-13(8-10-14)24(31)15(11-12-5-3-2-4-6-12)16(23(30)33-24)17-18(25)20(27)22(29)21(28)19(17)26/h2-10,31H,11H2,1H3. The minimum Gasteiger partial charge on any atom is -0.497 e. The summed E-state index contributed by atoms with van der Waals surface area (Å²) in [6, 6.07) is 13.7. The predicted molar refractivity (Wildman–Crippen MR) is 106 cm³/mol. The number of carbonyl (C=O) groups is 1. The lowest BCUT2D eigenvalue weighted by Gasteiger charge is -2.26. The van der Waals surface area contributed by atoms with Crippen LogP contribution < -0.4 is 4.74 Å². The topological polar surface area (TPSA) is 55.8 Å². The second-order valence-corrected chi connectivity index (χ2v) is 7.22. The van der Waals surface area contributed by atoms with Gasteiger partial charge >= 0.3 is 5.97 Å². The number of carbonyl (C=O) groups excluding carboxylic acids is 1. The molecule has 1 unspecified atom stereocenters. The minimum atomic E-state index is -2.53. The first-order valence-corrected chi connectivity index (χ1v) is 9.58. The molecule has 0 aliphatic carbocycles. The molecule has 0 aromatic heterocycles. The van der Waals surface area contributed by atoms with Gasteiger partial charge in [0.15, 0.2) is 23.3 Å². The number of halogens is 5. The lowest BCUT2D eigenvalue weighted by molar-refractivity contribution is -0.185. The average molecular weight is 462 g/mol. The van der Waals surface area contributed by atoms with Crippen molar-refractivity contribution in [3.05, 3.63) is 106 Å². The summed E-state index contributed by atoms with van der Waals surface area (Å²) >= 11 is 0. The summed E-state index contributed by atoms with van der Waals surface area (Å²) in [5.41, 5.74) is -2.32. The summed E-state index contributed by atoms with van der Waals surface area (Å²) in [5.74, 6) is -14.8. The monoisotopic (exact) mass is 462 g/mol. The van der Waals surface area contributed by atoms with E-state index in [1.54, 1.807) is 30.3 Å². The first kappa shape index (κ1) is 22.5. The van der Waals surface area contributed by atoms with Gasteiger partial charge in [0.2, 0.25) is 5.82 Å². The Kier molecular flexibility index (Phi) is 5.67. The Morgan fingerprint density at radius 3 is 1.94 bits per heavy atom. The van der Waals surface area contributed by atoms with E-state index in [1.807, 2.05) is 0 Å². The average Bonchev–Trinajstić information content (AvgIpc) is 3.07. The van der Waals surface area contributed by atoms with E-state index in [1.165, 1.54) is 31.4 Å². The number of benzene rings is 3. The third kappa shape index (κ3) is 3.64. The van der Waals surface area contributed by atoms with Crippen LogP contribution in [0.4, 0.5) is 22.0 Å². The molecule has 33 heavy (non-hydrogen) atoms. The van der Waals surface area contributed by atoms with Crippen LogP contribution in [0.15, 0.2) is 60.2 Å². The van der Waals surface area contributed by atoms with Gasteiger partial charge in [-0.25, -0.2) is 26.7 Å². The molecule has 0 fully saturated rings. The van der Waals surface area contributed by atoms with Crippen LogP contribution >= 0.6 is 0 Å². The molecule has 3 aromatic carbocycles. The summed E-state index contributed by atoms with van der Waals surface area (Å²) in [6.45, 7) is 0. The highest BCUT2D eigenvalue weighted by Crippen LogP contribution is 2.46. The van der Waals surface area contributed by atoms with E-state index in [2.05, 4.69) is 0 Å². The number of hydrogen-bond donors (Lipinski definition) is 1. The van der Waals surface area contributed by atoms with Crippen molar-refractivity contribution in [2.45, 2.75) is 12.2 Å². The molecule has 0 radical (unpaired) electrons. The van der Waals surface area contributed by atoms with Gasteiger partial charge in [0.25, 0.3) is 5.79 Å². The van der Waals surface area contributed by atoms with Crippen LogP contribution in [0.3, 0.4) is 0 Å². The molecule has 0 saturated carbocycles. The second-order valence-electron chi connectivity index (χ2n) is 7.22. The number of hydrogen-bond acceptors (Lipinski definition) is 4. The number of rotatable bonds is 5. The molecule has 0 amide bonds. The number of cyclic esters (lactones) is 1. The zero-order valence-corrected chi connectivity index (χ0v) is 17.0.